The molecule has 0 aliphatic carbocycles. The first-order valence-corrected chi connectivity index (χ1v) is 6.41. The molecule has 5 heteroatoms. The second-order valence-electron chi connectivity index (χ2n) is 4.89. The number of hydrogen-bond donors (Lipinski definition) is 2. The Balaban J connectivity index is 2.11. The minimum absolute atomic E-state index is 0.150. The van der Waals surface area contributed by atoms with Crippen LogP contribution in [-0.2, 0) is 6.54 Å². The van der Waals surface area contributed by atoms with Gasteiger partial charge in [0.25, 0.3) is 5.91 Å². The van der Waals surface area contributed by atoms with Crippen LogP contribution in [0.1, 0.15) is 27.0 Å². The average molecular weight is 291 g/mol. The molecule has 0 aliphatic rings. The maximum Gasteiger partial charge on any atom is 0.254 e. The van der Waals surface area contributed by atoms with Crippen molar-refractivity contribution < 1.29 is 18.7 Å². The van der Waals surface area contributed by atoms with Crippen molar-refractivity contribution in [3.63, 3.8) is 0 Å². The lowest BCUT2D eigenvalue weighted by Crippen LogP contribution is -2.24. The molecule has 0 radical (unpaired) electrons. The number of rotatable bonds is 3. The number of benzene rings is 2. The van der Waals surface area contributed by atoms with E-state index in [-0.39, 0.29) is 23.7 Å². The van der Waals surface area contributed by atoms with Gasteiger partial charge in [-0.2, -0.15) is 0 Å². The largest absolute Gasteiger partial charge is 0.508 e. The molecule has 2 aromatic rings. The summed E-state index contributed by atoms with van der Waals surface area (Å²) in [6.07, 6.45) is 0. The summed E-state index contributed by atoms with van der Waals surface area (Å²) in [7, 11) is 0. The van der Waals surface area contributed by atoms with Gasteiger partial charge in [-0.25, -0.2) is 8.78 Å². The Kier molecular flexibility index (Phi) is 4.21. The molecule has 0 aromatic heterocycles. The number of aryl methyl sites for hydroxylation is 2. The lowest BCUT2D eigenvalue weighted by atomic mass is 10.1. The second-order valence-corrected chi connectivity index (χ2v) is 4.89. The van der Waals surface area contributed by atoms with Gasteiger partial charge in [-0.05, 0) is 42.7 Å². The molecule has 0 saturated carbocycles. The van der Waals surface area contributed by atoms with E-state index in [9.17, 15) is 13.6 Å². The van der Waals surface area contributed by atoms with Crippen LogP contribution in [0.3, 0.4) is 0 Å². The molecular formula is C16H15F2NO2. The molecule has 2 rings (SSSR count). The molecule has 0 spiro atoms. The predicted octanol–water partition coefficient (Wildman–Crippen LogP) is 3.22. The fraction of sp³-hybridized carbons (Fsp3) is 0.188. The Morgan fingerprint density at radius 3 is 2.33 bits per heavy atom. The van der Waals surface area contributed by atoms with E-state index in [1.165, 1.54) is 12.1 Å². The number of aromatic hydroxyl groups is 1. The molecule has 0 unspecified atom stereocenters. The number of phenols is 1. The quantitative estimate of drug-likeness (QED) is 0.912. The standard InChI is InChI=1S/C16H15F2NO2/c1-9-5-11(6-10(2)15(9)18)8-19-16(21)13-4-3-12(20)7-14(13)17/h3-7,20H,8H2,1-2H3,(H,19,21). The molecule has 110 valence electrons. The highest BCUT2D eigenvalue weighted by atomic mass is 19.1. The van der Waals surface area contributed by atoms with Crippen molar-refractivity contribution in [2.75, 3.05) is 0 Å². The van der Waals surface area contributed by atoms with Crippen molar-refractivity contribution in [3.8, 4) is 5.75 Å². The number of carbonyl (C=O) groups is 1. The molecule has 0 fully saturated rings. The topological polar surface area (TPSA) is 49.3 Å². The van der Waals surface area contributed by atoms with Crippen LogP contribution in [0.5, 0.6) is 5.75 Å². The van der Waals surface area contributed by atoms with Gasteiger partial charge in [0.2, 0.25) is 0 Å². The van der Waals surface area contributed by atoms with Crippen molar-refractivity contribution in [2.24, 2.45) is 0 Å². The van der Waals surface area contributed by atoms with Crippen molar-refractivity contribution in [2.45, 2.75) is 20.4 Å². The molecule has 0 aliphatic heterocycles. The lowest BCUT2D eigenvalue weighted by molar-refractivity contribution is 0.0947. The first kappa shape index (κ1) is 15.0. The zero-order valence-corrected chi connectivity index (χ0v) is 11.7. The Morgan fingerprint density at radius 1 is 1.14 bits per heavy atom. The summed E-state index contributed by atoms with van der Waals surface area (Å²) in [6, 6.07) is 6.60. The molecule has 2 N–H and O–H groups in total. The van der Waals surface area contributed by atoms with Crippen LogP contribution in [0.2, 0.25) is 0 Å². The van der Waals surface area contributed by atoms with E-state index in [2.05, 4.69) is 5.32 Å². The van der Waals surface area contributed by atoms with E-state index >= 15 is 0 Å². The SMILES string of the molecule is Cc1cc(CNC(=O)c2ccc(O)cc2F)cc(C)c1F. The Labute approximate surface area is 121 Å². The highest BCUT2D eigenvalue weighted by Crippen LogP contribution is 2.16. The monoisotopic (exact) mass is 291 g/mol. The maximum atomic E-state index is 13.5. The van der Waals surface area contributed by atoms with E-state index in [1.807, 2.05) is 0 Å². The van der Waals surface area contributed by atoms with E-state index < -0.39 is 11.7 Å². The summed E-state index contributed by atoms with van der Waals surface area (Å²) in [5, 5.41) is 11.7. The van der Waals surface area contributed by atoms with E-state index in [1.54, 1.807) is 26.0 Å². The third kappa shape index (κ3) is 3.37. The zero-order chi connectivity index (χ0) is 15.6. The van der Waals surface area contributed by atoms with Gasteiger partial charge in [0.05, 0.1) is 5.56 Å². The highest BCUT2D eigenvalue weighted by molar-refractivity contribution is 5.94. The molecule has 0 bridgehead atoms. The van der Waals surface area contributed by atoms with Crippen molar-refractivity contribution in [1.29, 1.82) is 0 Å². The Morgan fingerprint density at radius 2 is 1.76 bits per heavy atom. The van der Waals surface area contributed by atoms with Crippen LogP contribution in [0.25, 0.3) is 0 Å². The van der Waals surface area contributed by atoms with Gasteiger partial charge in [0.1, 0.15) is 17.4 Å². The maximum absolute atomic E-state index is 13.5. The smallest absolute Gasteiger partial charge is 0.254 e. The Bertz CT molecular complexity index is 676. The fourth-order valence-electron chi connectivity index (χ4n) is 2.10. The second kappa shape index (κ2) is 5.91. The van der Waals surface area contributed by atoms with Crippen LogP contribution >= 0.6 is 0 Å². The summed E-state index contributed by atoms with van der Waals surface area (Å²) < 4.78 is 27.0. The highest BCUT2D eigenvalue weighted by Gasteiger charge is 2.12. The number of amides is 1. The first-order chi connectivity index (χ1) is 9.88. The van der Waals surface area contributed by atoms with Gasteiger partial charge in [0, 0.05) is 12.6 Å². The molecule has 0 heterocycles. The van der Waals surface area contributed by atoms with Crippen LogP contribution in [0, 0.1) is 25.5 Å². The van der Waals surface area contributed by atoms with Crippen LogP contribution in [0.4, 0.5) is 8.78 Å². The predicted molar refractivity (Wildman–Crippen MR) is 75.1 cm³/mol. The van der Waals surface area contributed by atoms with Crippen LogP contribution < -0.4 is 5.32 Å². The summed E-state index contributed by atoms with van der Waals surface area (Å²) in [4.78, 5) is 11.9. The molecule has 3 nitrogen and oxygen atoms in total. The molecular weight excluding hydrogens is 276 g/mol. The normalized spacial score (nSPS) is 10.5. The summed E-state index contributed by atoms with van der Waals surface area (Å²) in [5.74, 6) is -1.89. The van der Waals surface area contributed by atoms with Crippen LogP contribution in [-0.4, -0.2) is 11.0 Å². The van der Waals surface area contributed by atoms with Gasteiger partial charge < -0.3 is 10.4 Å². The van der Waals surface area contributed by atoms with Crippen LogP contribution in [0.15, 0.2) is 30.3 Å². The minimum atomic E-state index is -0.793. The molecule has 1 amide bonds. The summed E-state index contributed by atoms with van der Waals surface area (Å²) >= 11 is 0. The third-order valence-corrected chi connectivity index (χ3v) is 3.15. The fourth-order valence-corrected chi connectivity index (χ4v) is 2.10. The number of nitrogens with one attached hydrogen (secondary N) is 1. The molecule has 0 saturated heterocycles. The van der Waals surface area contributed by atoms with E-state index in [0.29, 0.717) is 11.1 Å². The number of phenolic OH excluding ortho intramolecular Hbond substituents is 1. The van der Waals surface area contributed by atoms with E-state index in [4.69, 9.17) is 5.11 Å². The Hall–Kier alpha value is -2.43. The number of carbonyl (C=O) groups excluding carboxylic acids is 1. The van der Waals surface area contributed by atoms with Crippen molar-refractivity contribution >= 4 is 5.91 Å². The van der Waals surface area contributed by atoms with E-state index in [0.717, 1.165) is 11.6 Å². The zero-order valence-electron chi connectivity index (χ0n) is 11.7. The van der Waals surface area contributed by atoms with Gasteiger partial charge in [-0.1, -0.05) is 12.1 Å². The summed E-state index contributed by atoms with van der Waals surface area (Å²) in [6.45, 7) is 3.46. The number of hydrogen-bond acceptors (Lipinski definition) is 2. The minimum Gasteiger partial charge on any atom is -0.508 e. The lowest BCUT2D eigenvalue weighted by Gasteiger charge is -2.09. The van der Waals surface area contributed by atoms with Crippen molar-refractivity contribution in [1.82, 2.24) is 5.32 Å². The third-order valence-electron chi connectivity index (χ3n) is 3.15. The number of halogens is 2. The summed E-state index contributed by atoms with van der Waals surface area (Å²) in [5.41, 5.74) is 1.58. The van der Waals surface area contributed by atoms with Gasteiger partial charge in [-0.3, -0.25) is 4.79 Å². The van der Waals surface area contributed by atoms with Gasteiger partial charge in [0.15, 0.2) is 0 Å². The van der Waals surface area contributed by atoms with Gasteiger partial charge >= 0.3 is 0 Å². The molecule has 2 aromatic carbocycles. The molecule has 0 atom stereocenters. The van der Waals surface area contributed by atoms with Crippen molar-refractivity contribution in [3.05, 3.63) is 64.2 Å². The molecule has 21 heavy (non-hydrogen) atoms. The first-order valence-electron chi connectivity index (χ1n) is 6.41. The average Bonchev–Trinajstić information content (AvgIpc) is 2.42. The van der Waals surface area contributed by atoms with Gasteiger partial charge in [-0.15, -0.1) is 0 Å².